The Bertz CT molecular complexity index is 526. The number of carbonyl (C=O) groups excluding carboxylic acids is 1. The number of nitro benzene ring substituents is 1. The van der Waals surface area contributed by atoms with Crippen LogP contribution in [0.3, 0.4) is 0 Å². The lowest BCUT2D eigenvalue weighted by molar-refractivity contribution is -0.385. The van der Waals surface area contributed by atoms with Crippen LogP contribution in [0.5, 0.6) is 0 Å². The number of rotatable bonds is 4. The van der Waals surface area contributed by atoms with Crippen molar-refractivity contribution in [3.63, 3.8) is 0 Å². The molecule has 1 aromatic carbocycles. The maximum atomic E-state index is 11.1. The third kappa shape index (κ3) is 3.10. The fourth-order valence-corrected chi connectivity index (χ4v) is 2.41. The molecular formula is C14H18N2O3. The van der Waals surface area contributed by atoms with Gasteiger partial charge in [0.25, 0.3) is 5.69 Å². The number of benzene rings is 1. The lowest BCUT2D eigenvalue weighted by Crippen LogP contribution is -2.22. The van der Waals surface area contributed by atoms with Gasteiger partial charge in [0.05, 0.1) is 4.92 Å². The Labute approximate surface area is 112 Å². The van der Waals surface area contributed by atoms with Crippen molar-refractivity contribution in [1.29, 1.82) is 0 Å². The highest BCUT2D eigenvalue weighted by atomic mass is 16.6. The average molecular weight is 262 g/mol. The fraction of sp³-hybridized carbons (Fsp3) is 0.500. The van der Waals surface area contributed by atoms with Gasteiger partial charge >= 0.3 is 0 Å². The molecule has 0 spiro atoms. The first kappa shape index (κ1) is 13.5. The Balaban J connectivity index is 2.36. The van der Waals surface area contributed by atoms with E-state index >= 15 is 0 Å². The van der Waals surface area contributed by atoms with Crippen molar-refractivity contribution in [3.05, 3.63) is 33.4 Å². The zero-order valence-corrected chi connectivity index (χ0v) is 11.2. The summed E-state index contributed by atoms with van der Waals surface area (Å²) in [5.74, 6) is 0.0494. The molecule has 0 unspecified atom stereocenters. The summed E-state index contributed by atoms with van der Waals surface area (Å²) < 4.78 is 0. The molecule has 0 aromatic heterocycles. The zero-order valence-electron chi connectivity index (χ0n) is 11.2. The van der Waals surface area contributed by atoms with Gasteiger partial charge < -0.3 is 10.1 Å². The third-order valence-corrected chi connectivity index (χ3v) is 3.50. The Morgan fingerprint density at radius 2 is 2.26 bits per heavy atom. The number of nitrogens with zero attached hydrogens (tertiary/aromatic N) is 1. The van der Waals surface area contributed by atoms with Gasteiger partial charge in [-0.15, -0.1) is 0 Å². The molecule has 102 valence electrons. The van der Waals surface area contributed by atoms with Crippen LogP contribution in [0.15, 0.2) is 12.1 Å². The molecule has 5 nitrogen and oxygen atoms in total. The smallest absolute Gasteiger partial charge is 0.273 e. The van der Waals surface area contributed by atoms with Crippen LogP contribution in [0.25, 0.3) is 0 Å². The molecule has 5 heteroatoms. The Hall–Kier alpha value is -1.91. The summed E-state index contributed by atoms with van der Waals surface area (Å²) in [6, 6.07) is 3.88. The molecule has 1 aliphatic rings. The van der Waals surface area contributed by atoms with Crippen LogP contribution in [-0.4, -0.2) is 16.7 Å². The van der Waals surface area contributed by atoms with Gasteiger partial charge in [-0.2, -0.15) is 0 Å². The number of ketones is 1. The summed E-state index contributed by atoms with van der Waals surface area (Å²) in [6.45, 7) is 3.60. The molecule has 1 aromatic rings. The quantitative estimate of drug-likeness (QED) is 0.669. The van der Waals surface area contributed by atoms with E-state index in [0.717, 1.165) is 24.1 Å². The van der Waals surface area contributed by atoms with E-state index in [1.807, 2.05) is 6.07 Å². The first-order chi connectivity index (χ1) is 8.97. The van der Waals surface area contributed by atoms with Crippen molar-refractivity contribution in [2.75, 3.05) is 5.32 Å². The molecule has 0 bridgehead atoms. The van der Waals surface area contributed by atoms with E-state index in [2.05, 4.69) is 12.2 Å². The monoisotopic (exact) mass is 262 g/mol. The summed E-state index contributed by atoms with van der Waals surface area (Å²) >= 11 is 0. The van der Waals surface area contributed by atoms with Gasteiger partial charge in [0.1, 0.15) is 5.78 Å². The van der Waals surface area contributed by atoms with Crippen molar-refractivity contribution in [3.8, 4) is 0 Å². The fourth-order valence-electron chi connectivity index (χ4n) is 2.41. The lowest BCUT2D eigenvalue weighted by Gasteiger charge is -2.24. The molecule has 1 N–H and O–H groups in total. The summed E-state index contributed by atoms with van der Waals surface area (Å²) in [4.78, 5) is 21.8. The summed E-state index contributed by atoms with van der Waals surface area (Å²) in [5, 5.41) is 14.5. The topological polar surface area (TPSA) is 72.2 Å². The minimum absolute atomic E-state index is 0.0494. The molecule has 1 heterocycles. The van der Waals surface area contributed by atoms with Gasteiger partial charge in [0, 0.05) is 29.8 Å². The molecular weight excluding hydrogens is 244 g/mol. The second kappa shape index (κ2) is 5.38. The van der Waals surface area contributed by atoms with E-state index in [1.165, 1.54) is 6.92 Å². The standard InChI is InChI=1S/C14H18N2O3/c1-9-3-5-11-8-14(16(18)19)12(6-4-10(2)17)7-13(11)15-9/h7-9,15H,3-6H2,1-2H3/t9-/m1/s1. The normalized spacial score (nSPS) is 17.5. The van der Waals surface area contributed by atoms with Gasteiger partial charge in [0.15, 0.2) is 0 Å². The number of aryl methyl sites for hydroxylation is 2. The third-order valence-electron chi connectivity index (χ3n) is 3.50. The highest BCUT2D eigenvalue weighted by Crippen LogP contribution is 2.32. The number of fused-ring (bicyclic) bond motifs is 1. The van der Waals surface area contributed by atoms with Crippen LogP contribution < -0.4 is 5.32 Å². The Morgan fingerprint density at radius 1 is 1.53 bits per heavy atom. The van der Waals surface area contributed by atoms with Crippen molar-refractivity contribution < 1.29 is 9.72 Å². The first-order valence-electron chi connectivity index (χ1n) is 6.53. The minimum atomic E-state index is -0.353. The number of anilines is 1. The minimum Gasteiger partial charge on any atom is -0.382 e. The van der Waals surface area contributed by atoms with E-state index in [1.54, 1.807) is 6.07 Å². The largest absolute Gasteiger partial charge is 0.382 e. The number of nitrogens with one attached hydrogen (secondary N) is 1. The average Bonchev–Trinajstić information content (AvgIpc) is 2.34. The second-order valence-electron chi connectivity index (χ2n) is 5.18. The molecule has 1 atom stereocenters. The van der Waals surface area contributed by atoms with Crippen LogP contribution in [0.2, 0.25) is 0 Å². The van der Waals surface area contributed by atoms with Crippen LogP contribution in [-0.2, 0) is 17.6 Å². The van der Waals surface area contributed by atoms with E-state index in [0.29, 0.717) is 24.4 Å². The van der Waals surface area contributed by atoms with Gasteiger partial charge in [-0.3, -0.25) is 10.1 Å². The van der Waals surface area contributed by atoms with E-state index in [4.69, 9.17) is 0 Å². The molecule has 0 saturated heterocycles. The SMILES string of the molecule is CC(=O)CCc1cc2c(cc1[N+](=O)[O-])CC[C@@H](C)N2. The number of nitro groups is 1. The number of Topliss-reactive ketones (excluding diaryl/α,β-unsaturated/α-hetero) is 1. The molecule has 19 heavy (non-hydrogen) atoms. The molecule has 0 radical (unpaired) electrons. The Kier molecular flexibility index (Phi) is 3.83. The molecule has 0 aliphatic carbocycles. The van der Waals surface area contributed by atoms with E-state index in [9.17, 15) is 14.9 Å². The Morgan fingerprint density at radius 3 is 2.89 bits per heavy atom. The van der Waals surface area contributed by atoms with Gasteiger partial charge in [-0.25, -0.2) is 0 Å². The predicted molar refractivity (Wildman–Crippen MR) is 73.5 cm³/mol. The highest BCUT2D eigenvalue weighted by Gasteiger charge is 2.21. The first-order valence-corrected chi connectivity index (χ1v) is 6.53. The number of hydrogen-bond acceptors (Lipinski definition) is 4. The molecule has 0 amide bonds. The van der Waals surface area contributed by atoms with Crippen molar-refractivity contribution >= 4 is 17.2 Å². The second-order valence-corrected chi connectivity index (χ2v) is 5.18. The van der Waals surface area contributed by atoms with Gasteiger partial charge in [-0.05, 0) is 44.7 Å². The predicted octanol–water partition coefficient (Wildman–Crippen LogP) is 2.86. The van der Waals surface area contributed by atoms with Gasteiger partial charge in [-0.1, -0.05) is 0 Å². The van der Waals surface area contributed by atoms with Crippen LogP contribution in [0.4, 0.5) is 11.4 Å². The maximum absolute atomic E-state index is 11.1. The zero-order chi connectivity index (χ0) is 14.0. The lowest BCUT2D eigenvalue weighted by atomic mass is 9.94. The highest BCUT2D eigenvalue weighted by molar-refractivity contribution is 5.76. The summed E-state index contributed by atoms with van der Waals surface area (Å²) in [7, 11) is 0. The van der Waals surface area contributed by atoms with Crippen molar-refractivity contribution in [1.82, 2.24) is 0 Å². The maximum Gasteiger partial charge on any atom is 0.273 e. The van der Waals surface area contributed by atoms with Crippen LogP contribution in [0.1, 0.15) is 37.8 Å². The van der Waals surface area contributed by atoms with Crippen molar-refractivity contribution in [2.45, 2.75) is 45.6 Å². The van der Waals surface area contributed by atoms with Gasteiger partial charge in [0.2, 0.25) is 0 Å². The number of carbonyl (C=O) groups is 1. The molecule has 1 aliphatic heterocycles. The van der Waals surface area contributed by atoms with E-state index < -0.39 is 0 Å². The summed E-state index contributed by atoms with van der Waals surface area (Å²) in [5.41, 5.74) is 2.75. The molecule has 2 rings (SSSR count). The number of hydrogen-bond donors (Lipinski definition) is 1. The van der Waals surface area contributed by atoms with E-state index in [-0.39, 0.29) is 16.4 Å². The molecule has 0 saturated carbocycles. The van der Waals surface area contributed by atoms with Crippen LogP contribution >= 0.6 is 0 Å². The summed E-state index contributed by atoms with van der Waals surface area (Å²) in [6.07, 6.45) is 2.61. The molecule has 0 fully saturated rings. The van der Waals surface area contributed by atoms with Crippen LogP contribution in [0, 0.1) is 10.1 Å². The van der Waals surface area contributed by atoms with Crippen molar-refractivity contribution in [2.24, 2.45) is 0 Å².